The van der Waals surface area contributed by atoms with Gasteiger partial charge in [-0.15, -0.1) is 0 Å². The Morgan fingerprint density at radius 3 is 2.40 bits per heavy atom. The number of likely N-dealkylation sites (tertiary alicyclic amines) is 1. The van der Waals surface area contributed by atoms with Crippen molar-refractivity contribution in [2.24, 2.45) is 5.92 Å². The first-order chi connectivity index (χ1) is 9.53. The summed E-state index contributed by atoms with van der Waals surface area (Å²) in [5.74, 6) is 1.02. The molecule has 20 heavy (non-hydrogen) atoms. The second-order valence-electron chi connectivity index (χ2n) is 7.83. The second-order valence-corrected chi connectivity index (χ2v) is 7.83. The molecule has 1 saturated heterocycles. The molecule has 2 aliphatic rings. The van der Waals surface area contributed by atoms with Crippen molar-refractivity contribution in [2.75, 3.05) is 27.2 Å². The molecule has 1 heterocycles. The van der Waals surface area contributed by atoms with Gasteiger partial charge in [-0.25, -0.2) is 0 Å². The van der Waals surface area contributed by atoms with Crippen LogP contribution < -0.4 is 0 Å². The summed E-state index contributed by atoms with van der Waals surface area (Å²) in [5, 5.41) is 0. The first-order valence-electron chi connectivity index (χ1n) is 8.95. The molecule has 2 rings (SSSR count). The fraction of sp³-hybridized carbons (Fsp3) is 1.00. The largest absolute Gasteiger partial charge is 0.302 e. The van der Waals surface area contributed by atoms with Gasteiger partial charge in [0.05, 0.1) is 0 Å². The Morgan fingerprint density at radius 1 is 1.10 bits per heavy atom. The van der Waals surface area contributed by atoms with Gasteiger partial charge in [-0.3, -0.25) is 4.90 Å². The van der Waals surface area contributed by atoms with E-state index in [0.717, 1.165) is 5.92 Å². The van der Waals surface area contributed by atoms with E-state index in [0.29, 0.717) is 11.6 Å². The Hall–Kier alpha value is -0.0800. The molecule has 0 spiro atoms. The van der Waals surface area contributed by atoms with Crippen LogP contribution in [-0.4, -0.2) is 48.6 Å². The molecule has 2 fully saturated rings. The summed E-state index contributed by atoms with van der Waals surface area (Å²) in [5.41, 5.74) is 0.444. The minimum absolute atomic E-state index is 0.444. The summed E-state index contributed by atoms with van der Waals surface area (Å²) >= 11 is 0. The summed E-state index contributed by atoms with van der Waals surface area (Å²) in [6, 6.07) is 0.698. The van der Waals surface area contributed by atoms with E-state index in [2.05, 4.69) is 37.7 Å². The van der Waals surface area contributed by atoms with Crippen molar-refractivity contribution in [3.05, 3.63) is 0 Å². The smallest absolute Gasteiger partial charge is 0.0331 e. The molecule has 1 atom stereocenters. The average molecular weight is 280 g/mol. The summed E-state index contributed by atoms with van der Waals surface area (Å²) in [6.07, 6.45) is 13.1. The highest BCUT2D eigenvalue weighted by Gasteiger charge is 2.38. The lowest BCUT2D eigenvalue weighted by molar-refractivity contribution is 0.0179. The molecule has 0 aromatic carbocycles. The third-order valence-electron chi connectivity index (χ3n) is 6.01. The Labute approximate surface area is 126 Å². The van der Waals surface area contributed by atoms with Crippen LogP contribution >= 0.6 is 0 Å². The van der Waals surface area contributed by atoms with E-state index in [1.54, 1.807) is 0 Å². The zero-order chi connectivity index (χ0) is 14.6. The van der Waals surface area contributed by atoms with Gasteiger partial charge in [0.15, 0.2) is 0 Å². The quantitative estimate of drug-likeness (QED) is 0.746. The molecule has 2 heteroatoms. The lowest BCUT2D eigenvalue weighted by atomic mass is 9.78. The predicted molar refractivity (Wildman–Crippen MR) is 88.2 cm³/mol. The molecule has 0 unspecified atom stereocenters. The van der Waals surface area contributed by atoms with Crippen LogP contribution in [0.3, 0.4) is 0 Å². The average Bonchev–Trinajstić information content (AvgIpc) is 2.46. The fourth-order valence-electron chi connectivity index (χ4n) is 4.33. The van der Waals surface area contributed by atoms with E-state index < -0.39 is 0 Å². The number of hydrogen-bond acceptors (Lipinski definition) is 2. The number of rotatable bonds is 5. The van der Waals surface area contributed by atoms with Crippen LogP contribution in [-0.2, 0) is 0 Å². The van der Waals surface area contributed by atoms with E-state index in [4.69, 9.17) is 0 Å². The highest BCUT2D eigenvalue weighted by molar-refractivity contribution is 4.95. The van der Waals surface area contributed by atoms with Crippen LogP contribution in [0.25, 0.3) is 0 Å². The number of piperidine rings is 1. The molecule has 1 aliphatic heterocycles. The van der Waals surface area contributed by atoms with Crippen molar-refractivity contribution in [1.82, 2.24) is 9.80 Å². The molecule has 0 aromatic heterocycles. The van der Waals surface area contributed by atoms with Gasteiger partial charge >= 0.3 is 0 Å². The van der Waals surface area contributed by atoms with Crippen molar-refractivity contribution < 1.29 is 0 Å². The Morgan fingerprint density at radius 2 is 1.80 bits per heavy atom. The van der Waals surface area contributed by atoms with Crippen molar-refractivity contribution in [2.45, 2.75) is 83.2 Å². The minimum atomic E-state index is 0.444. The van der Waals surface area contributed by atoms with Crippen molar-refractivity contribution in [1.29, 1.82) is 0 Å². The first kappa shape index (κ1) is 16.3. The molecular formula is C18H36N2. The van der Waals surface area contributed by atoms with Gasteiger partial charge in [-0.1, -0.05) is 32.1 Å². The molecule has 0 N–H and O–H groups in total. The number of nitrogens with zero attached hydrogens (tertiary/aromatic N) is 2. The van der Waals surface area contributed by atoms with E-state index in [9.17, 15) is 0 Å². The molecule has 1 saturated carbocycles. The van der Waals surface area contributed by atoms with Gasteiger partial charge in [-0.05, 0) is 66.1 Å². The normalized spacial score (nSPS) is 30.3. The van der Waals surface area contributed by atoms with Crippen LogP contribution in [0.5, 0.6) is 0 Å². The van der Waals surface area contributed by atoms with Crippen LogP contribution in [0.4, 0.5) is 0 Å². The lowest BCUT2D eigenvalue weighted by Crippen LogP contribution is -2.57. The van der Waals surface area contributed by atoms with Crippen molar-refractivity contribution >= 4 is 0 Å². The molecule has 1 aliphatic carbocycles. The van der Waals surface area contributed by atoms with Gasteiger partial charge in [0.1, 0.15) is 0 Å². The van der Waals surface area contributed by atoms with Crippen LogP contribution in [0.1, 0.15) is 71.6 Å². The minimum Gasteiger partial charge on any atom is -0.302 e. The van der Waals surface area contributed by atoms with Gasteiger partial charge in [0.2, 0.25) is 0 Å². The first-order valence-corrected chi connectivity index (χ1v) is 8.95. The predicted octanol–water partition coefficient (Wildman–Crippen LogP) is 4.15. The van der Waals surface area contributed by atoms with Gasteiger partial charge in [0, 0.05) is 18.1 Å². The molecule has 118 valence electrons. The maximum absolute atomic E-state index is 2.70. The van der Waals surface area contributed by atoms with E-state index in [-0.39, 0.29) is 0 Å². The molecule has 0 radical (unpaired) electrons. The third kappa shape index (κ3) is 3.98. The number of likely N-dealkylation sites (N-methyl/N-ethyl adjacent to an activating group) is 1. The number of hydrogen-bond donors (Lipinski definition) is 0. The SMILES string of the molecule is CC(C)N1CCC[C@](CCC2CCCCC2)(N(C)C)C1. The second kappa shape index (κ2) is 7.26. The van der Waals surface area contributed by atoms with Crippen LogP contribution in [0.2, 0.25) is 0 Å². The van der Waals surface area contributed by atoms with E-state index in [1.807, 2.05) is 0 Å². The summed E-state index contributed by atoms with van der Waals surface area (Å²) in [7, 11) is 4.62. The Kier molecular flexibility index (Phi) is 5.92. The zero-order valence-corrected chi connectivity index (χ0v) is 14.3. The standard InChI is InChI=1S/C18H36N2/c1-16(2)20-14-8-12-18(15-20,19(3)4)13-11-17-9-6-5-7-10-17/h16-17H,5-15H2,1-4H3/t18-/m1/s1. The van der Waals surface area contributed by atoms with Crippen molar-refractivity contribution in [3.63, 3.8) is 0 Å². The van der Waals surface area contributed by atoms with Gasteiger partial charge in [0.25, 0.3) is 0 Å². The lowest BCUT2D eigenvalue weighted by Gasteiger charge is -2.49. The topological polar surface area (TPSA) is 6.48 Å². The highest BCUT2D eigenvalue weighted by atomic mass is 15.2. The van der Waals surface area contributed by atoms with E-state index in [1.165, 1.54) is 70.9 Å². The van der Waals surface area contributed by atoms with Crippen LogP contribution in [0.15, 0.2) is 0 Å². The van der Waals surface area contributed by atoms with Crippen molar-refractivity contribution in [3.8, 4) is 0 Å². The highest BCUT2D eigenvalue weighted by Crippen LogP contribution is 2.35. The monoisotopic (exact) mass is 280 g/mol. The molecule has 2 nitrogen and oxygen atoms in total. The summed E-state index contributed by atoms with van der Waals surface area (Å²) in [4.78, 5) is 5.24. The van der Waals surface area contributed by atoms with Gasteiger partial charge in [-0.2, -0.15) is 0 Å². The summed E-state index contributed by atoms with van der Waals surface area (Å²) in [6.45, 7) is 7.29. The maximum atomic E-state index is 2.70. The maximum Gasteiger partial charge on any atom is 0.0331 e. The Balaban J connectivity index is 1.94. The molecular weight excluding hydrogens is 244 g/mol. The third-order valence-corrected chi connectivity index (χ3v) is 6.01. The molecule has 0 amide bonds. The molecule has 0 bridgehead atoms. The Bertz CT molecular complexity index is 281. The van der Waals surface area contributed by atoms with E-state index >= 15 is 0 Å². The zero-order valence-electron chi connectivity index (χ0n) is 14.3. The molecule has 0 aromatic rings. The van der Waals surface area contributed by atoms with Gasteiger partial charge < -0.3 is 4.90 Å². The fourth-order valence-corrected chi connectivity index (χ4v) is 4.33. The summed E-state index contributed by atoms with van der Waals surface area (Å²) < 4.78 is 0. The van der Waals surface area contributed by atoms with Crippen LogP contribution in [0, 0.1) is 5.92 Å².